The average Bonchev–Trinajstić information content (AvgIpc) is 3.18. The van der Waals surface area contributed by atoms with Crippen LogP contribution in [0.15, 0.2) is 133 Å². The molecule has 0 saturated heterocycles. The molecule has 0 radical (unpaired) electrons. The zero-order valence-electron chi connectivity index (χ0n) is 32.6. The molecule has 0 saturated carbocycles. The van der Waals surface area contributed by atoms with Gasteiger partial charge in [-0.1, -0.05) is 54.6 Å². The summed E-state index contributed by atoms with van der Waals surface area (Å²) in [7, 11) is -20.1. The van der Waals surface area contributed by atoms with Gasteiger partial charge in [-0.2, -0.15) is 55.7 Å². The SMILES string of the molecule is Cc1cc(Cc2nc(Cc3ccc(N=Nc4ccccc4)cc3)nc(NCCS(=O)(=O)O)n2)ccc1N=Nc1cc(S(=O)(=O)O)c2cccc(S(=O)(=O)O)c2c1.O=S(=O)=O.O=S(=O)=O. The Kier molecular flexibility index (Phi) is 17.3. The number of benzene rings is 5. The van der Waals surface area contributed by atoms with Gasteiger partial charge in [0.15, 0.2) is 0 Å². The number of anilines is 1. The van der Waals surface area contributed by atoms with Gasteiger partial charge in [-0.05, 0) is 72.1 Å². The maximum atomic E-state index is 12.2. The first-order valence-corrected chi connectivity index (χ1v) is 24.0. The van der Waals surface area contributed by atoms with E-state index >= 15 is 0 Å². The van der Waals surface area contributed by atoms with E-state index in [4.69, 9.17) is 25.3 Å². The van der Waals surface area contributed by atoms with Gasteiger partial charge in [0.25, 0.3) is 30.4 Å². The first kappa shape index (κ1) is 50.0. The van der Waals surface area contributed by atoms with Gasteiger partial charge in [-0.15, -0.1) is 25.3 Å². The normalized spacial score (nSPS) is 11.7. The van der Waals surface area contributed by atoms with Gasteiger partial charge >= 0.3 is 21.2 Å². The maximum Gasteiger partial charge on any atom is 0.425 e. The molecule has 5 aromatic carbocycles. The first-order chi connectivity index (χ1) is 30.0. The Balaban J connectivity index is 0.00000104. The van der Waals surface area contributed by atoms with Crippen molar-refractivity contribution in [2.75, 3.05) is 17.6 Å². The van der Waals surface area contributed by atoms with Crippen molar-refractivity contribution in [2.45, 2.75) is 29.6 Å². The molecule has 0 atom stereocenters. The minimum atomic E-state index is -4.83. The van der Waals surface area contributed by atoms with Crippen LogP contribution in [0.5, 0.6) is 0 Å². The smallest absolute Gasteiger partial charge is 0.353 e. The minimum Gasteiger partial charge on any atom is -0.353 e. The second-order valence-corrected chi connectivity index (χ2v) is 17.9. The van der Waals surface area contributed by atoms with Crippen LogP contribution >= 0.6 is 0 Å². The van der Waals surface area contributed by atoms with Crippen molar-refractivity contribution in [1.29, 1.82) is 0 Å². The molecule has 0 amide bonds. The summed E-state index contributed by atoms with van der Waals surface area (Å²) in [6, 6.07) is 27.7. The van der Waals surface area contributed by atoms with Gasteiger partial charge in [0.2, 0.25) is 5.95 Å². The monoisotopic (exact) mass is 976 g/mol. The highest BCUT2D eigenvalue weighted by atomic mass is 32.2. The fourth-order valence-electron chi connectivity index (χ4n) is 5.51. The lowest BCUT2D eigenvalue weighted by atomic mass is 10.1. The van der Waals surface area contributed by atoms with Crippen molar-refractivity contribution in [3.8, 4) is 0 Å². The van der Waals surface area contributed by atoms with Crippen LogP contribution in [-0.2, 0) is 64.4 Å². The van der Waals surface area contributed by atoms with E-state index in [1.165, 1.54) is 18.2 Å². The highest BCUT2D eigenvalue weighted by Gasteiger charge is 2.21. The molecule has 6 rings (SSSR count). The molecule has 28 heteroatoms. The van der Waals surface area contributed by atoms with E-state index in [1.54, 1.807) is 37.3 Å². The van der Waals surface area contributed by atoms with E-state index in [1.807, 2.05) is 42.5 Å². The van der Waals surface area contributed by atoms with Gasteiger partial charge in [0.1, 0.15) is 21.4 Å². The Morgan fingerprint density at radius 2 is 1.08 bits per heavy atom. The second kappa shape index (κ2) is 22.1. The van der Waals surface area contributed by atoms with Crippen molar-refractivity contribution in [1.82, 2.24) is 15.0 Å². The Bertz CT molecular complexity index is 3270. The van der Waals surface area contributed by atoms with E-state index in [0.29, 0.717) is 35.0 Å². The van der Waals surface area contributed by atoms with Crippen LogP contribution in [0.4, 0.5) is 28.7 Å². The molecule has 6 aromatic rings. The zero-order valence-corrected chi connectivity index (χ0v) is 36.6. The van der Waals surface area contributed by atoms with E-state index in [2.05, 4.69) is 40.7 Å². The number of hydrogen-bond acceptors (Lipinski definition) is 20. The van der Waals surface area contributed by atoms with E-state index in [9.17, 15) is 38.9 Å². The van der Waals surface area contributed by atoms with E-state index < -0.39 is 67.1 Å². The fraction of sp³-hybridized carbons (Fsp3) is 0.139. The highest BCUT2D eigenvalue weighted by Crippen LogP contribution is 2.34. The van der Waals surface area contributed by atoms with Crippen LogP contribution in [0.25, 0.3) is 10.8 Å². The van der Waals surface area contributed by atoms with Crippen LogP contribution < -0.4 is 5.32 Å². The predicted octanol–water partition coefficient (Wildman–Crippen LogP) is 5.13. The lowest BCUT2D eigenvalue weighted by Crippen LogP contribution is -2.17. The summed E-state index contributed by atoms with van der Waals surface area (Å²) in [6.07, 6.45) is 0.525. The van der Waals surface area contributed by atoms with Crippen molar-refractivity contribution in [2.24, 2.45) is 20.5 Å². The Labute approximate surface area is 367 Å². The molecule has 1 heterocycles. The lowest BCUT2D eigenvalue weighted by molar-refractivity contribution is 0.481. The number of hydrogen-bond donors (Lipinski definition) is 4. The zero-order chi connectivity index (χ0) is 47.2. The molecule has 64 heavy (non-hydrogen) atoms. The standard InChI is InChI=1S/C36H32N8O9S3.2O3S/c1-23-18-25(12-15-31(23)44-43-28-21-30-29(33(22-28)56(51,52)53)8-5-9-32(30)55(48,49)50)20-35-38-34(39-36(40-35)37-16-17-54(45,46)47)19-24-10-13-27(14-11-24)42-41-26-6-3-2-4-7-26;2*1-4(2)3/h2-15,18,21-22H,16-17,19-20H2,1H3,(H,45,46,47)(H,48,49,50)(H,51,52,53)(H,37,38,39,40);;. The van der Waals surface area contributed by atoms with Crippen LogP contribution in [0.1, 0.15) is 28.3 Å². The van der Waals surface area contributed by atoms with E-state index in [0.717, 1.165) is 28.9 Å². The summed E-state index contributed by atoms with van der Waals surface area (Å²) in [5, 5.41) is 19.3. The molecule has 4 N–H and O–H groups in total. The molecule has 0 aliphatic carbocycles. The summed E-state index contributed by atoms with van der Waals surface area (Å²) >= 11 is 0. The molecule has 0 spiro atoms. The Morgan fingerprint density at radius 3 is 1.62 bits per heavy atom. The molecule has 0 aliphatic rings. The predicted molar refractivity (Wildman–Crippen MR) is 226 cm³/mol. The lowest BCUT2D eigenvalue weighted by Gasteiger charge is -2.10. The topological polar surface area (TPSA) is 366 Å². The highest BCUT2D eigenvalue weighted by molar-refractivity contribution is 7.86. The van der Waals surface area contributed by atoms with Gasteiger partial charge in [0, 0.05) is 30.2 Å². The molecule has 0 fully saturated rings. The van der Waals surface area contributed by atoms with Crippen molar-refractivity contribution in [3.05, 3.63) is 131 Å². The number of azo groups is 2. The van der Waals surface area contributed by atoms with Gasteiger partial charge in [0.05, 0.1) is 28.5 Å². The van der Waals surface area contributed by atoms with Gasteiger partial charge in [-0.25, -0.2) is 4.98 Å². The minimum absolute atomic E-state index is 0.109. The number of nitrogens with one attached hydrogen (secondary N) is 1. The largest absolute Gasteiger partial charge is 0.425 e. The number of nitrogens with zero attached hydrogens (tertiary/aromatic N) is 7. The number of aromatic nitrogens is 3. The molecule has 23 nitrogen and oxygen atoms in total. The third-order valence-corrected chi connectivity index (χ3v) is 10.6. The quantitative estimate of drug-likeness (QED) is 0.0811. The number of rotatable bonds is 14. The van der Waals surface area contributed by atoms with Gasteiger partial charge < -0.3 is 5.32 Å². The van der Waals surface area contributed by atoms with Crippen LogP contribution in [0, 0.1) is 6.92 Å². The molecular formula is C36H32N8O15S5. The summed E-state index contributed by atoms with van der Waals surface area (Å²) < 4.78 is 150. The summed E-state index contributed by atoms with van der Waals surface area (Å²) in [5.74, 6) is 0.299. The first-order valence-electron chi connectivity index (χ1n) is 17.5. The molecule has 0 unspecified atom stereocenters. The third-order valence-electron chi connectivity index (χ3n) is 8.06. The summed E-state index contributed by atoms with van der Waals surface area (Å²) in [4.78, 5) is 12.4. The summed E-state index contributed by atoms with van der Waals surface area (Å²) in [5.41, 5.74) is 3.89. The van der Waals surface area contributed by atoms with Crippen molar-refractivity contribution < 1.29 is 64.2 Å². The molecule has 336 valence electrons. The van der Waals surface area contributed by atoms with E-state index in [-0.39, 0.29) is 35.4 Å². The molecular weight excluding hydrogens is 945 g/mol. The Hall–Kier alpha value is -6.66. The van der Waals surface area contributed by atoms with Crippen LogP contribution in [0.3, 0.4) is 0 Å². The second-order valence-electron chi connectivity index (χ2n) is 12.7. The Morgan fingerprint density at radius 1 is 0.547 bits per heavy atom. The van der Waals surface area contributed by atoms with Crippen LogP contribution in [-0.4, -0.2) is 91.4 Å². The molecule has 0 aliphatic heterocycles. The van der Waals surface area contributed by atoms with Gasteiger partial charge in [-0.3, -0.25) is 13.7 Å². The van der Waals surface area contributed by atoms with Crippen molar-refractivity contribution in [3.63, 3.8) is 0 Å². The molecule has 1 aromatic heterocycles. The average molecular weight is 977 g/mol. The molecule has 0 bridgehead atoms. The fourth-order valence-corrected chi connectivity index (χ4v) is 7.29. The summed E-state index contributed by atoms with van der Waals surface area (Å²) in [6.45, 7) is 1.60. The number of aryl methyl sites for hydroxylation is 1. The maximum absolute atomic E-state index is 12.2. The third kappa shape index (κ3) is 16.6. The van der Waals surface area contributed by atoms with Crippen LogP contribution in [0.2, 0.25) is 0 Å². The number of fused-ring (bicyclic) bond motifs is 1. The van der Waals surface area contributed by atoms with Crippen molar-refractivity contribution >= 4 is 91.0 Å².